The van der Waals surface area contributed by atoms with Gasteiger partial charge < -0.3 is 14.8 Å². The van der Waals surface area contributed by atoms with E-state index in [2.05, 4.69) is 57.7 Å². The Morgan fingerprint density at radius 3 is 2.46 bits per heavy atom. The highest BCUT2D eigenvalue weighted by Crippen LogP contribution is 2.41. The lowest BCUT2D eigenvalue weighted by Gasteiger charge is -2.27. The minimum absolute atomic E-state index is 0.0259. The SMILES string of the molecule is CCCN1C(=S)N[C@H](c2ccccn2)[C@@H]1c1cc(C)n(-c2ccccn2)c1C. The van der Waals surface area contributed by atoms with E-state index in [9.17, 15) is 0 Å². The molecule has 1 aliphatic heterocycles. The molecule has 3 aromatic heterocycles. The molecule has 1 aliphatic rings. The van der Waals surface area contributed by atoms with E-state index in [0.29, 0.717) is 0 Å². The van der Waals surface area contributed by atoms with Crippen LogP contribution < -0.4 is 5.32 Å². The van der Waals surface area contributed by atoms with Crippen molar-refractivity contribution >= 4 is 17.3 Å². The van der Waals surface area contributed by atoms with Crippen LogP contribution in [0.3, 0.4) is 0 Å². The first-order valence-electron chi connectivity index (χ1n) is 9.70. The molecule has 4 heterocycles. The van der Waals surface area contributed by atoms with Crippen molar-refractivity contribution in [2.45, 2.75) is 39.3 Å². The Hall–Kier alpha value is -2.73. The molecule has 0 aliphatic carbocycles. The van der Waals surface area contributed by atoms with Crippen molar-refractivity contribution in [1.29, 1.82) is 0 Å². The highest BCUT2D eigenvalue weighted by Gasteiger charge is 2.40. The largest absolute Gasteiger partial charge is 0.352 e. The molecule has 4 rings (SSSR count). The maximum Gasteiger partial charge on any atom is 0.170 e. The second-order valence-electron chi connectivity index (χ2n) is 7.17. The number of hydrogen-bond donors (Lipinski definition) is 1. The summed E-state index contributed by atoms with van der Waals surface area (Å²) in [6.07, 6.45) is 4.71. The summed E-state index contributed by atoms with van der Waals surface area (Å²) in [4.78, 5) is 11.5. The van der Waals surface area contributed by atoms with E-state index in [1.54, 1.807) is 0 Å². The van der Waals surface area contributed by atoms with E-state index < -0.39 is 0 Å². The minimum Gasteiger partial charge on any atom is -0.352 e. The first-order valence-corrected chi connectivity index (χ1v) is 10.1. The molecule has 0 saturated carbocycles. The Labute approximate surface area is 171 Å². The molecule has 6 heteroatoms. The average molecular weight is 392 g/mol. The van der Waals surface area contributed by atoms with Gasteiger partial charge in [0.2, 0.25) is 0 Å². The van der Waals surface area contributed by atoms with Crippen molar-refractivity contribution < 1.29 is 0 Å². The summed E-state index contributed by atoms with van der Waals surface area (Å²) < 4.78 is 2.22. The summed E-state index contributed by atoms with van der Waals surface area (Å²) in [5.41, 5.74) is 4.63. The van der Waals surface area contributed by atoms with E-state index in [0.717, 1.165) is 29.6 Å². The summed E-state index contributed by atoms with van der Waals surface area (Å²) in [5.74, 6) is 0.939. The van der Waals surface area contributed by atoms with Gasteiger partial charge in [-0.15, -0.1) is 0 Å². The molecule has 28 heavy (non-hydrogen) atoms. The van der Waals surface area contributed by atoms with Gasteiger partial charge in [-0.3, -0.25) is 4.98 Å². The van der Waals surface area contributed by atoms with Gasteiger partial charge in [0, 0.05) is 30.3 Å². The van der Waals surface area contributed by atoms with Crippen molar-refractivity contribution in [3.8, 4) is 5.82 Å². The number of aromatic nitrogens is 3. The molecule has 0 bridgehead atoms. The van der Waals surface area contributed by atoms with Gasteiger partial charge in [0.05, 0.1) is 17.8 Å². The minimum atomic E-state index is 0.0259. The standard InChI is InChI=1S/C22H25N5S/c1-4-13-26-21(20(25-22(26)28)18-9-5-7-11-23-18)17-14-15(2)27(16(17)3)19-10-6-8-12-24-19/h5-12,14,20-21H,4,13H2,1-3H3,(H,25,28)/t20-,21+/m1/s1. The second kappa shape index (κ2) is 7.72. The lowest BCUT2D eigenvalue weighted by Crippen LogP contribution is -2.30. The van der Waals surface area contributed by atoms with Crippen LogP contribution in [0.1, 0.15) is 48.1 Å². The number of thiocarbonyl (C=S) groups is 1. The highest BCUT2D eigenvalue weighted by molar-refractivity contribution is 7.80. The quantitative estimate of drug-likeness (QED) is 0.658. The van der Waals surface area contributed by atoms with E-state index in [1.165, 1.54) is 17.0 Å². The molecule has 2 atom stereocenters. The van der Waals surface area contributed by atoms with Gasteiger partial charge in [-0.25, -0.2) is 4.98 Å². The Bertz CT molecular complexity index is 967. The van der Waals surface area contributed by atoms with E-state index in [-0.39, 0.29) is 12.1 Å². The number of nitrogens with zero attached hydrogens (tertiary/aromatic N) is 4. The Morgan fingerprint density at radius 2 is 1.82 bits per heavy atom. The fraction of sp³-hybridized carbons (Fsp3) is 0.318. The molecule has 1 fully saturated rings. The number of nitrogens with one attached hydrogen (secondary N) is 1. The summed E-state index contributed by atoms with van der Waals surface area (Å²) in [6, 6.07) is 14.5. The number of rotatable bonds is 5. The van der Waals surface area contributed by atoms with Gasteiger partial charge in [0.25, 0.3) is 0 Å². The maximum absolute atomic E-state index is 5.70. The topological polar surface area (TPSA) is 46.0 Å². The molecule has 3 aromatic rings. The van der Waals surface area contributed by atoms with E-state index >= 15 is 0 Å². The zero-order valence-electron chi connectivity index (χ0n) is 16.5. The van der Waals surface area contributed by atoms with Crippen molar-refractivity contribution in [2.24, 2.45) is 0 Å². The fourth-order valence-electron chi connectivity index (χ4n) is 4.15. The van der Waals surface area contributed by atoms with Crippen LogP contribution in [-0.4, -0.2) is 31.1 Å². The highest BCUT2D eigenvalue weighted by atomic mass is 32.1. The monoisotopic (exact) mass is 391 g/mol. The Kier molecular flexibility index (Phi) is 5.13. The molecule has 0 amide bonds. The third-order valence-electron chi connectivity index (χ3n) is 5.33. The number of hydrogen-bond acceptors (Lipinski definition) is 3. The molecule has 1 saturated heterocycles. The third-order valence-corrected chi connectivity index (χ3v) is 5.68. The molecular formula is C22H25N5S. The van der Waals surface area contributed by atoms with Crippen LogP contribution in [0.15, 0.2) is 54.9 Å². The molecule has 0 unspecified atom stereocenters. The van der Waals surface area contributed by atoms with Crippen LogP contribution in [-0.2, 0) is 0 Å². The zero-order chi connectivity index (χ0) is 19.7. The average Bonchev–Trinajstić information content (AvgIpc) is 3.19. The van der Waals surface area contributed by atoms with Crippen LogP contribution in [0.5, 0.6) is 0 Å². The van der Waals surface area contributed by atoms with Gasteiger partial charge in [-0.2, -0.15) is 0 Å². The molecule has 0 aromatic carbocycles. The zero-order valence-corrected chi connectivity index (χ0v) is 17.3. The van der Waals surface area contributed by atoms with Crippen LogP contribution in [0.2, 0.25) is 0 Å². The predicted molar refractivity (Wildman–Crippen MR) is 115 cm³/mol. The molecular weight excluding hydrogens is 366 g/mol. The van der Waals surface area contributed by atoms with Gasteiger partial charge in [0.1, 0.15) is 5.82 Å². The van der Waals surface area contributed by atoms with Crippen molar-refractivity contribution in [3.05, 3.63) is 77.5 Å². The molecule has 1 N–H and O–H groups in total. The summed E-state index contributed by atoms with van der Waals surface area (Å²) in [7, 11) is 0. The lowest BCUT2D eigenvalue weighted by molar-refractivity contribution is 0.316. The Balaban J connectivity index is 1.83. The van der Waals surface area contributed by atoms with E-state index in [4.69, 9.17) is 12.2 Å². The van der Waals surface area contributed by atoms with Crippen molar-refractivity contribution in [1.82, 2.24) is 24.8 Å². The molecule has 0 radical (unpaired) electrons. The lowest BCUT2D eigenvalue weighted by atomic mass is 9.96. The third kappa shape index (κ3) is 3.18. The molecule has 144 valence electrons. The van der Waals surface area contributed by atoms with Crippen molar-refractivity contribution in [3.63, 3.8) is 0 Å². The van der Waals surface area contributed by atoms with Gasteiger partial charge in [-0.05, 0) is 68.4 Å². The van der Waals surface area contributed by atoms with Gasteiger partial charge in [0.15, 0.2) is 5.11 Å². The van der Waals surface area contributed by atoms with Crippen LogP contribution in [0.25, 0.3) is 5.82 Å². The maximum atomic E-state index is 5.70. The molecule has 0 spiro atoms. The normalized spacial score (nSPS) is 19.1. The van der Waals surface area contributed by atoms with Gasteiger partial charge in [-0.1, -0.05) is 19.1 Å². The van der Waals surface area contributed by atoms with E-state index in [1.807, 2.05) is 42.7 Å². The fourth-order valence-corrected chi connectivity index (χ4v) is 4.48. The first-order chi connectivity index (χ1) is 13.6. The molecule has 5 nitrogen and oxygen atoms in total. The number of aryl methyl sites for hydroxylation is 1. The first kappa shape index (κ1) is 18.6. The van der Waals surface area contributed by atoms with Crippen molar-refractivity contribution in [2.75, 3.05) is 6.54 Å². The Morgan fingerprint density at radius 1 is 1.07 bits per heavy atom. The predicted octanol–water partition coefficient (Wildman–Crippen LogP) is 4.27. The summed E-state index contributed by atoms with van der Waals surface area (Å²) >= 11 is 5.70. The summed E-state index contributed by atoms with van der Waals surface area (Å²) in [5, 5.41) is 4.32. The second-order valence-corrected chi connectivity index (χ2v) is 7.56. The smallest absolute Gasteiger partial charge is 0.170 e. The van der Waals surface area contributed by atoms with Crippen LogP contribution in [0, 0.1) is 13.8 Å². The van der Waals surface area contributed by atoms with Crippen LogP contribution in [0.4, 0.5) is 0 Å². The number of pyridine rings is 2. The van der Waals surface area contributed by atoms with Crippen LogP contribution >= 0.6 is 12.2 Å². The summed E-state index contributed by atoms with van der Waals surface area (Å²) in [6.45, 7) is 7.39. The van der Waals surface area contributed by atoms with Gasteiger partial charge >= 0.3 is 0 Å².